The molecule has 0 radical (unpaired) electrons. The van der Waals surface area contributed by atoms with Gasteiger partial charge in [-0.15, -0.1) is 0 Å². The zero-order valence-corrected chi connectivity index (χ0v) is 14.7. The van der Waals surface area contributed by atoms with E-state index in [1.54, 1.807) is 6.07 Å². The fourth-order valence-electron chi connectivity index (χ4n) is 3.24. The molecule has 1 aromatic rings. The lowest BCUT2D eigenvalue weighted by Gasteiger charge is -2.31. The van der Waals surface area contributed by atoms with Crippen molar-refractivity contribution in [2.75, 3.05) is 31.1 Å². The summed E-state index contributed by atoms with van der Waals surface area (Å²) >= 11 is 0. The summed E-state index contributed by atoms with van der Waals surface area (Å²) < 4.78 is 0. The molecular weight excluding hydrogens is 306 g/mol. The highest BCUT2D eigenvalue weighted by Gasteiger charge is 2.24. The minimum atomic E-state index is -0.430. The number of hydrogen-bond donors (Lipinski definition) is 0. The van der Waals surface area contributed by atoms with Gasteiger partial charge in [-0.25, -0.2) is 0 Å². The van der Waals surface area contributed by atoms with Crippen LogP contribution in [-0.4, -0.2) is 41.9 Å². The first-order chi connectivity index (χ1) is 11.6. The Labute approximate surface area is 143 Å². The number of hydrogen-bond acceptors (Lipinski definition) is 4. The fraction of sp³-hybridized carbons (Fsp3) is 0.611. The Hall–Kier alpha value is -2.11. The number of nitro benzene ring substituents is 1. The molecular formula is C18H27N3O3. The van der Waals surface area contributed by atoms with Crippen molar-refractivity contribution in [3.8, 4) is 0 Å². The second-order valence-corrected chi connectivity index (χ2v) is 6.30. The summed E-state index contributed by atoms with van der Waals surface area (Å²) in [6.45, 7) is 7.23. The van der Waals surface area contributed by atoms with Crippen LogP contribution >= 0.6 is 0 Å². The molecule has 1 heterocycles. The largest absolute Gasteiger partial charge is 0.371 e. The molecule has 1 amide bonds. The molecule has 0 saturated carbocycles. The van der Waals surface area contributed by atoms with Crippen molar-refractivity contribution in [2.24, 2.45) is 0 Å². The Morgan fingerprint density at radius 2 is 1.79 bits per heavy atom. The average Bonchev–Trinajstić information content (AvgIpc) is 2.61. The molecule has 1 aliphatic heterocycles. The summed E-state index contributed by atoms with van der Waals surface area (Å²) in [6.07, 6.45) is 5.14. The van der Waals surface area contributed by atoms with Gasteiger partial charge < -0.3 is 9.80 Å². The predicted octanol–water partition coefficient (Wildman–Crippen LogP) is 3.85. The number of nitrogens with zero attached hydrogens (tertiary/aromatic N) is 3. The van der Waals surface area contributed by atoms with Crippen molar-refractivity contribution in [3.63, 3.8) is 0 Å². The minimum Gasteiger partial charge on any atom is -0.371 e. The molecule has 0 aromatic heterocycles. The SMILES string of the molecule is CCCN(CCC)C(=O)c1cc([N+](=O)[O-])ccc1N1CCCCC1. The van der Waals surface area contributed by atoms with E-state index in [9.17, 15) is 14.9 Å². The van der Waals surface area contributed by atoms with Crippen LogP contribution < -0.4 is 4.90 Å². The first kappa shape index (κ1) is 18.2. The zero-order chi connectivity index (χ0) is 17.5. The summed E-state index contributed by atoms with van der Waals surface area (Å²) in [5, 5.41) is 11.2. The highest BCUT2D eigenvalue weighted by molar-refractivity contribution is 6.00. The maximum Gasteiger partial charge on any atom is 0.270 e. The summed E-state index contributed by atoms with van der Waals surface area (Å²) in [4.78, 5) is 27.8. The van der Waals surface area contributed by atoms with E-state index in [-0.39, 0.29) is 11.6 Å². The van der Waals surface area contributed by atoms with Crippen LogP contribution in [0.15, 0.2) is 18.2 Å². The van der Waals surface area contributed by atoms with Gasteiger partial charge in [0.15, 0.2) is 0 Å². The molecule has 1 aliphatic rings. The Bertz CT molecular complexity index is 577. The third-order valence-corrected chi connectivity index (χ3v) is 4.39. The van der Waals surface area contributed by atoms with E-state index in [2.05, 4.69) is 4.90 Å². The van der Waals surface area contributed by atoms with Crippen molar-refractivity contribution >= 4 is 17.3 Å². The van der Waals surface area contributed by atoms with Crippen LogP contribution in [0.3, 0.4) is 0 Å². The molecule has 6 nitrogen and oxygen atoms in total. The van der Waals surface area contributed by atoms with E-state index in [1.807, 2.05) is 18.7 Å². The molecule has 0 spiro atoms. The second-order valence-electron chi connectivity index (χ2n) is 6.30. The summed E-state index contributed by atoms with van der Waals surface area (Å²) in [6, 6.07) is 4.70. The minimum absolute atomic E-state index is 0.0212. The van der Waals surface area contributed by atoms with E-state index >= 15 is 0 Å². The monoisotopic (exact) mass is 333 g/mol. The lowest BCUT2D eigenvalue weighted by molar-refractivity contribution is -0.384. The Balaban J connectivity index is 2.40. The number of non-ortho nitro benzene ring substituents is 1. The molecule has 132 valence electrons. The average molecular weight is 333 g/mol. The lowest BCUT2D eigenvalue weighted by Crippen LogP contribution is -2.36. The normalized spacial score (nSPS) is 14.5. The summed E-state index contributed by atoms with van der Waals surface area (Å²) in [7, 11) is 0. The molecule has 0 bridgehead atoms. The van der Waals surface area contributed by atoms with Crippen LogP contribution in [0, 0.1) is 10.1 Å². The maximum absolute atomic E-state index is 13.0. The predicted molar refractivity (Wildman–Crippen MR) is 95.6 cm³/mol. The van der Waals surface area contributed by atoms with Crippen LogP contribution in [0.5, 0.6) is 0 Å². The number of carbonyl (C=O) groups excluding carboxylic acids is 1. The number of amides is 1. The highest BCUT2D eigenvalue weighted by atomic mass is 16.6. The number of nitro groups is 1. The number of anilines is 1. The van der Waals surface area contributed by atoms with E-state index < -0.39 is 4.92 Å². The number of carbonyl (C=O) groups is 1. The van der Waals surface area contributed by atoms with Gasteiger partial charge in [0.05, 0.1) is 16.2 Å². The van der Waals surface area contributed by atoms with Gasteiger partial charge in [0.1, 0.15) is 0 Å². The quantitative estimate of drug-likeness (QED) is 0.561. The zero-order valence-electron chi connectivity index (χ0n) is 14.7. The lowest BCUT2D eigenvalue weighted by atomic mass is 10.1. The smallest absolute Gasteiger partial charge is 0.270 e. The number of piperidine rings is 1. The van der Waals surface area contributed by atoms with Gasteiger partial charge in [-0.05, 0) is 38.2 Å². The first-order valence-electron chi connectivity index (χ1n) is 8.91. The molecule has 0 aliphatic carbocycles. The standard InChI is InChI=1S/C18H27N3O3/c1-3-10-20(11-4-2)18(22)16-14-15(21(23)24)8-9-17(16)19-12-6-5-7-13-19/h8-9,14H,3-7,10-13H2,1-2H3. The molecule has 1 aromatic carbocycles. The summed E-state index contributed by atoms with van der Waals surface area (Å²) in [5.41, 5.74) is 1.28. The molecule has 1 fully saturated rings. The second kappa shape index (κ2) is 8.66. The number of benzene rings is 1. The Morgan fingerprint density at radius 1 is 1.17 bits per heavy atom. The molecule has 0 N–H and O–H groups in total. The molecule has 0 atom stereocenters. The molecule has 2 rings (SSSR count). The fourth-order valence-corrected chi connectivity index (χ4v) is 3.24. The van der Waals surface area contributed by atoms with Crippen LogP contribution in [0.4, 0.5) is 11.4 Å². The van der Waals surface area contributed by atoms with E-state index in [0.717, 1.165) is 44.5 Å². The van der Waals surface area contributed by atoms with Gasteiger partial charge in [-0.2, -0.15) is 0 Å². The van der Waals surface area contributed by atoms with Crippen molar-refractivity contribution in [1.29, 1.82) is 0 Å². The van der Waals surface area contributed by atoms with Crippen molar-refractivity contribution in [2.45, 2.75) is 46.0 Å². The third kappa shape index (κ3) is 4.24. The first-order valence-corrected chi connectivity index (χ1v) is 8.91. The van der Waals surface area contributed by atoms with Crippen molar-refractivity contribution in [3.05, 3.63) is 33.9 Å². The van der Waals surface area contributed by atoms with Crippen LogP contribution in [0.25, 0.3) is 0 Å². The van der Waals surface area contributed by atoms with E-state index in [0.29, 0.717) is 18.7 Å². The third-order valence-electron chi connectivity index (χ3n) is 4.39. The van der Waals surface area contributed by atoms with Gasteiger partial charge in [-0.3, -0.25) is 14.9 Å². The van der Waals surface area contributed by atoms with Crippen LogP contribution in [-0.2, 0) is 0 Å². The molecule has 6 heteroatoms. The maximum atomic E-state index is 13.0. The summed E-state index contributed by atoms with van der Waals surface area (Å²) in [5.74, 6) is -0.0945. The Morgan fingerprint density at radius 3 is 2.33 bits per heavy atom. The molecule has 24 heavy (non-hydrogen) atoms. The van der Waals surface area contributed by atoms with Gasteiger partial charge >= 0.3 is 0 Å². The van der Waals surface area contributed by atoms with Crippen LogP contribution in [0.1, 0.15) is 56.3 Å². The van der Waals surface area contributed by atoms with E-state index in [1.165, 1.54) is 18.6 Å². The van der Waals surface area contributed by atoms with Crippen LogP contribution in [0.2, 0.25) is 0 Å². The van der Waals surface area contributed by atoms with Gasteiger partial charge in [0.25, 0.3) is 11.6 Å². The topological polar surface area (TPSA) is 66.7 Å². The van der Waals surface area contributed by atoms with E-state index in [4.69, 9.17) is 0 Å². The van der Waals surface area contributed by atoms with Crippen molar-refractivity contribution in [1.82, 2.24) is 4.90 Å². The highest BCUT2D eigenvalue weighted by Crippen LogP contribution is 2.29. The van der Waals surface area contributed by atoms with Gasteiger partial charge in [0.2, 0.25) is 0 Å². The molecule has 1 saturated heterocycles. The number of rotatable bonds is 7. The van der Waals surface area contributed by atoms with Crippen molar-refractivity contribution < 1.29 is 9.72 Å². The van der Waals surface area contributed by atoms with Gasteiger partial charge in [-0.1, -0.05) is 13.8 Å². The molecule has 0 unspecified atom stereocenters. The van der Waals surface area contributed by atoms with Gasteiger partial charge in [0, 0.05) is 38.3 Å². The Kier molecular flexibility index (Phi) is 6.58.